The van der Waals surface area contributed by atoms with E-state index in [2.05, 4.69) is 20.3 Å². The number of aliphatic imine (C=N–C) groups is 1. The first-order valence-corrected chi connectivity index (χ1v) is 9.17. The highest BCUT2D eigenvalue weighted by Gasteiger charge is 2.34. The van der Waals surface area contributed by atoms with Gasteiger partial charge in [-0.25, -0.2) is 4.98 Å². The number of H-pyrrole nitrogens is 1. The zero-order chi connectivity index (χ0) is 20.1. The number of guanidine groups is 1. The fourth-order valence-electron chi connectivity index (χ4n) is 3.38. The smallest absolute Gasteiger partial charge is 0.352 e. The minimum atomic E-state index is -4.16. The number of nitrogens with one attached hydrogen (secondary N) is 2. The Balaban J connectivity index is 0.00000300. The van der Waals surface area contributed by atoms with Gasteiger partial charge in [0.2, 0.25) is 0 Å². The number of rotatable bonds is 5. The second-order valence-corrected chi connectivity index (χ2v) is 6.99. The molecule has 0 aliphatic carbocycles. The van der Waals surface area contributed by atoms with Gasteiger partial charge < -0.3 is 15.2 Å². The van der Waals surface area contributed by atoms with Gasteiger partial charge >= 0.3 is 6.18 Å². The summed E-state index contributed by atoms with van der Waals surface area (Å²) in [7, 11) is 3.54. The Hall–Kier alpha value is -1.82. The van der Waals surface area contributed by atoms with E-state index in [-0.39, 0.29) is 30.0 Å². The molecule has 1 aliphatic heterocycles. The Morgan fingerprint density at radius 1 is 1.34 bits per heavy atom. The first-order chi connectivity index (χ1) is 13.3. The van der Waals surface area contributed by atoms with E-state index in [1.807, 2.05) is 42.3 Å². The van der Waals surface area contributed by atoms with Crippen molar-refractivity contribution >= 4 is 29.9 Å². The van der Waals surface area contributed by atoms with Gasteiger partial charge in [0.15, 0.2) is 5.96 Å². The van der Waals surface area contributed by atoms with Gasteiger partial charge in [-0.3, -0.25) is 9.89 Å². The summed E-state index contributed by atoms with van der Waals surface area (Å²) in [4.78, 5) is 15.3. The third-order valence-corrected chi connectivity index (χ3v) is 4.68. The van der Waals surface area contributed by atoms with Crippen LogP contribution in [0.3, 0.4) is 0 Å². The molecule has 1 saturated heterocycles. The van der Waals surface area contributed by atoms with Crippen molar-refractivity contribution in [3.05, 3.63) is 42.4 Å². The monoisotopic (exact) mass is 522 g/mol. The van der Waals surface area contributed by atoms with Gasteiger partial charge in [-0.1, -0.05) is 30.3 Å². The summed E-state index contributed by atoms with van der Waals surface area (Å²) in [6, 6.07) is 9.86. The van der Waals surface area contributed by atoms with E-state index in [1.54, 1.807) is 13.2 Å². The molecule has 10 heteroatoms. The summed E-state index contributed by atoms with van der Waals surface area (Å²) in [5, 5.41) is 3.27. The summed E-state index contributed by atoms with van der Waals surface area (Å²) in [5.41, 5.74) is 1.99. The summed E-state index contributed by atoms with van der Waals surface area (Å²) in [6.07, 6.45) is -1.72. The molecule has 3 rings (SSSR count). The molecule has 2 heterocycles. The molecule has 0 saturated carbocycles. The van der Waals surface area contributed by atoms with E-state index in [0.29, 0.717) is 32.0 Å². The molecule has 29 heavy (non-hydrogen) atoms. The highest BCUT2D eigenvalue weighted by atomic mass is 127. The van der Waals surface area contributed by atoms with Crippen LogP contribution in [0.25, 0.3) is 11.3 Å². The van der Waals surface area contributed by atoms with Crippen LogP contribution in [0.5, 0.6) is 0 Å². The summed E-state index contributed by atoms with van der Waals surface area (Å²) in [5.74, 6) is 1.42. The Bertz CT molecular complexity index is 793. The Kier molecular flexibility index (Phi) is 8.32. The number of aromatic nitrogens is 2. The predicted octanol–water partition coefficient (Wildman–Crippen LogP) is 3.34. The second-order valence-electron chi connectivity index (χ2n) is 6.99. The number of halogens is 4. The zero-order valence-electron chi connectivity index (χ0n) is 16.4. The van der Waals surface area contributed by atoms with Crippen molar-refractivity contribution in [2.45, 2.75) is 25.2 Å². The van der Waals surface area contributed by atoms with Crippen LogP contribution in [0, 0.1) is 0 Å². The van der Waals surface area contributed by atoms with Crippen LogP contribution in [0.15, 0.2) is 41.5 Å². The second kappa shape index (κ2) is 10.3. The maximum Gasteiger partial charge on any atom is 0.401 e. The Morgan fingerprint density at radius 3 is 2.72 bits per heavy atom. The van der Waals surface area contributed by atoms with Gasteiger partial charge in [0.05, 0.1) is 25.0 Å². The fourth-order valence-corrected chi connectivity index (χ4v) is 3.38. The lowest BCUT2D eigenvalue weighted by Crippen LogP contribution is -2.45. The molecular weight excluding hydrogens is 496 g/mol. The number of nitrogens with zero attached hydrogens (tertiary/aromatic N) is 4. The van der Waals surface area contributed by atoms with E-state index in [9.17, 15) is 13.2 Å². The van der Waals surface area contributed by atoms with Crippen LogP contribution in [0.1, 0.15) is 12.2 Å². The highest BCUT2D eigenvalue weighted by Crippen LogP contribution is 2.20. The topological polar surface area (TPSA) is 59.6 Å². The molecule has 1 atom stereocenters. The zero-order valence-corrected chi connectivity index (χ0v) is 18.7. The van der Waals surface area contributed by atoms with E-state index in [0.717, 1.165) is 17.1 Å². The fraction of sp³-hybridized carbons (Fsp3) is 0.474. The SMILES string of the molecule is CN=C(NC1CCN(CC(F)(F)F)C1)N(C)Cc1ncc(-c2ccccc2)[nH]1.I. The molecule has 6 nitrogen and oxygen atoms in total. The number of benzene rings is 1. The molecule has 1 fully saturated rings. The summed E-state index contributed by atoms with van der Waals surface area (Å²) >= 11 is 0. The summed E-state index contributed by atoms with van der Waals surface area (Å²) in [6.45, 7) is 0.418. The molecule has 0 bridgehead atoms. The number of alkyl halides is 3. The maximum absolute atomic E-state index is 12.6. The first-order valence-electron chi connectivity index (χ1n) is 9.17. The molecule has 1 unspecified atom stereocenters. The lowest BCUT2D eigenvalue weighted by Gasteiger charge is -2.24. The largest absolute Gasteiger partial charge is 0.401 e. The predicted molar refractivity (Wildman–Crippen MR) is 118 cm³/mol. The van der Waals surface area contributed by atoms with Crippen LogP contribution in [-0.4, -0.2) is 71.7 Å². The van der Waals surface area contributed by atoms with Crippen molar-refractivity contribution in [2.75, 3.05) is 33.7 Å². The average molecular weight is 522 g/mol. The van der Waals surface area contributed by atoms with E-state index >= 15 is 0 Å². The van der Waals surface area contributed by atoms with Gasteiger partial charge in [-0.15, -0.1) is 24.0 Å². The standard InChI is InChI=1S/C19H25F3N6.HI/c1-23-18(25-15-8-9-28(11-15)13-19(20,21)22)27(2)12-17-24-10-16(26-17)14-6-4-3-5-7-14;/h3-7,10,15H,8-9,11-13H2,1-2H3,(H,23,25)(H,24,26);1H. The molecule has 2 aromatic rings. The minimum Gasteiger partial charge on any atom is -0.352 e. The van der Waals surface area contributed by atoms with E-state index < -0.39 is 12.7 Å². The molecule has 1 aliphatic rings. The molecule has 160 valence electrons. The molecule has 1 aromatic heterocycles. The third-order valence-electron chi connectivity index (χ3n) is 4.68. The number of imidazole rings is 1. The number of likely N-dealkylation sites (tertiary alicyclic amines) is 1. The van der Waals surface area contributed by atoms with Crippen molar-refractivity contribution in [3.63, 3.8) is 0 Å². The molecule has 1 aromatic carbocycles. The summed E-state index contributed by atoms with van der Waals surface area (Å²) < 4.78 is 37.7. The molecule has 0 radical (unpaired) electrons. The van der Waals surface area contributed by atoms with Crippen molar-refractivity contribution < 1.29 is 13.2 Å². The van der Waals surface area contributed by atoms with Crippen molar-refractivity contribution in [1.82, 2.24) is 25.1 Å². The average Bonchev–Trinajstić information content (AvgIpc) is 3.28. The number of hydrogen-bond acceptors (Lipinski definition) is 3. The van der Waals surface area contributed by atoms with Gasteiger partial charge in [-0.2, -0.15) is 13.2 Å². The maximum atomic E-state index is 12.6. The molecule has 0 spiro atoms. The molecular formula is C19H26F3IN6. The van der Waals surface area contributed by atoms with E-state index in [4.69, 9.17) is 0 Å². The Labute approximate surface area is 185 Å². The normalized spacial score (nSPS) is 17.8. The van der Waals surface area contributed by atoms with Crippen LogP contribution in [0.2, 0.25) is 0 Å². The van der Waals surface area contributed by atoms with Crippen molar-refractivity contribution in [2.24, 2.45) is 4.99 Å². The number of hydrogen-bond donors (Lipinski definition) is 2. The van der Waals surface area contributed by atoms with Gasteiger partial charge in [0.25, 0.3) is 0 Å². The highest BCUT2D eigenvalue weighted by molar-refractivity contribution is 14.0. The van der Waals surface area contributed by atoms with Gasteiger partial charge in [-0.05, 0) is 12.0 Å². The van der Waals surface area contributed by atoms with E-state index in [1.165, 1.54) is 4.90 Å². The van der Waals surface area contributed by atoms with Crippen LogP contribution in [0.4, 0.5) is 13.2 Å². The third kappa shape index (κ3) is 6.88. The lowest BCUT2D eigenvalue weighted by atomic mass is 10.2. The number of aromatic amines is 1. The van der Waals surface area contributed by atoms with Crippen molar-refractivity contribution in [1.29, 1.82) is 0 Å². The van der Waals surface area contributed by atoms with Crippen molar-refractivity contribution in [3.8, 4) is 11.3 Å². The first kappa shape index (κ1) is 23.5. The quantitative estimate of drug-likeness (QED) is 0.360. The Morgan fingerprint density at radius 2 is 2.07 bits per heavy atom. The van der Waals surface area contributed by atoms with Gasteiger partial charge in [0, 0.05) is 33.2 Å². The van der Waals surface area contributed by atoms with Crippen LogP contribution >= 0.6 is 24.0 Å². The lowest BCUT2D eigenvalue weighted by molar-refractivity contribution is -0.143. The van der Waals surface area contributed by atoms with Crippen LogP contribution < -0.4 is 5.32 Å². The van der Waals surface area contributed by atoms with Crippen LogP contribution in [-0.2, 0) is 6.54 Å². The van der Waals surface area contributed by atoms with Gasteiger partial charge in [0.1, 0.15) is 5.82 Å². The molecule has 2 N–H and O–H groups in total. The minimum absolute atomic E-state index is 0. The molecule has 0 amide bonds.